The molecule has 0 unspecified atom stereocenters. The second-order valence-electron chi connectivity index (χ2n) is 7.84. The van der Waals surface area contributed by atoms with Crippen molar-refractivity contribution in [3.8, 4) is 5.75 Å². The molecular weight excluding hydrogens is 402 g/mol. The van der Waals surface area contributed by atoms with E-state index in [2.05, 4.69) is 9.71 Å². The third-order valence-electron chi connectivity index (χ3n) is 5.12. The van der Waals surface area contributed by atoms with Crippen molar-refractivity contribution >= 4 is 38.2 Å². The van der Waals surface area contributed by atoms with Crippen LogP contribution in [0.15, 0.2) is 59.6 Å². The number of para-hydroxylation sites is 1. The average Bonchev–Trinajstić information content (AvgIpc) is 2.81. The fraction of sp³-hybridized carbons (Fsp3) is 0.273. The molecule has 1 N–H and O–H groups in total. The van der Waals surface area contributed by atoms with Crippen molar-refractivity contribution in [2.24, 2.45) is 5.41 Å². The van der Waals surface area contributed by atoms with Crippen LogP contribution in [-0.2, 0) is 14.8 Å². The van der Waals surface area contributed by atoms with Gasteiger partial charge in [-0.05, 0) is 45.0 Å². The normalized spacial score (nSPS) is 16.0. The Hall–Kier alpha value is -3.13. The van der Waals surface area contributed by atoms with Gasteiger partial charge in [0.15, 0.2) is 0 Å². The number of pyridine rings is 1. The first-order chi connectivity index (χ1) is 14.2. The Morgan fingerprint density at radius 3 is 2.70 bits per heavy atom. The van der Waals surface area contributed by atoms with Gasteiger partial charge in [-0.1, -0.05) is 18.2 Å². The Bertz CT molecular complexity index is 1230. The van der Waals surface area contributed by atoms with Gasteiger partial charge in [0.2, 0.25) is 5.91 Å². The molecule has 0 saturated heterocycles. The molecule has 1 aliphatic rings. The maximum atomic E-state index is 13.1. The molecule has 7 nitrogen and oxygen atoms in total. The van der Waals surface area contributed by atoms with Crippen molar-refractivity contribution in [2.45, 2.75) is 25.7 Å². The molecule has 1 aromatic heterocycles. The van der Waals surface area contributed by atoms with Crippen LogP contribution in [0.5, 0.6) is 5.75 Å². The van der Waals surface area contributed by atoms with Gasteiger partial charge in [-0.3, -0.25) is 14.5 Å². The Kier molecular flexibility index (Phi) is 4.89. The predicted octanol–water partition coefficient (Wildman–Crippen LogP) is 3.81. The van der Waals surface area contributed by atoms with Gasteiger partial charge in [-0.25, -0.2) is 8.42 Å². The lowest BCUT2D eigenvalue weighted by Gasteiger charge is -2.26. The monoisotopic (exact) mass is 425 g/mol. The molecule has 0 spiro atoms. The summed E-state index contributed by atoms with van der Waals surface area (Å²) in [6.07, 6.45) is 1.57. The predicted molar refractivity (Wildman–Crippen MR) is 116 cm³/mol. The van der Waals surface area contributed by atoms with Crippen LogP contribution < -0.4 is 14.4 Å². The number of ether oxygens (including phenoxy) is 1. The number of benzene rings is 2. The van der Waals surface area contributed by atoms with Crippen LogP contribution in [0.3, 0.4) is 0 Å². The molecule has 1 aliphatic heterocycles. The Morgan fingerprint density at radius 1 is 1.17 bits per heavy atom. The van der Waals surface area contributed by atoms with Crippen molar-refractivity contribution in [3.63, 3.8) is 0 Å². The number of hydrogen-bond acceptors (Lipinski definition) is 5. The van der Waals surface area contributed by atoms with E-state index in [0.29, 0.717) is 29.2 Å². The van der Waals surface area contributed by atoms with Crippen molar-refractivity contribution < 1.29 is 17.9 Å². The zero-order valence-corrected chi connectivity index (χ0v) is 17.9. The van der Waals surface area contributed by atoms with Crippen LogP contribution in [0.1, 0.15) is 20.8 Å². The largest absolute Gasteiger partial charge is 0.490 e. The fourth-order valence-corrected chi connectivity index (χ4v) is 4.76. The van der Waals surface area contributed by atoms with Crippen LogP contribution in [0, 0.1) is 5.41 Å². The van der Waals surface area contributed by atoms with Gasteiger partial charge in [0, 0.05) is 24.2 Å². The van der Waals surface area contributed by atoms with Crippen LogP contribution in [0.2, 0.25) is 0 Å². The zero-order chi connectivity index (χ0) is 21.5. The molecule has 0 bridgehead atoms. The molecule has 156 valence electrons. The van der Waals surface area contributed by atoms with Crippen LogP contribution in [0.25, 0.3) is 10.9 Å². The van der Waals surface area contributed by atoms with Gasteiger partial charge in [0.25, 0.3) is 10.0 Å². The number of anilines is 2. The minimum absolute atomic E-state index is 0.0288. The summed E-state index contributed by atoms with van der Waals surface area (Å²) in [7, 11) is -3.88. The first-order valence-corrected chi connectivity index (χ1v) is 11.2. The van der Waals surface area contributed by atoms with Gasteiger partial charge in [0.05, 0.1) is 22.3 Å². The summed E-state index contributed by atoms with van der Waals surface area (Å²) in [6, 6.07) is 13.6. The summed E-state index contributed by atoms with van der Waals surface area (Å²) in [4.78, 5) is 18.8. The summed E-state index contributed by atoms with van der Waals surface area (Å²) in [5, 5.41) is 0.741. The first kappa shape index (κ1) is 20.2. The molecule has 8 heteroatoms. The Labute approximate surface area is 175 Å². The highest BCUT2D eigenvalue weighted by Crippen LogP contribution is 2.38. The second-order valence-corrected chi connectivity index (χ2v) is 9.49. The number of fused-ring (bicyclic) bond motifs is 2. The summed E-state index contributed by atoms with van der Waals surface area (Å²) in [5.41, 5.74) is 0.708. The molecule has 0 saturated carbocycles. The lowest BCUT2D eigenvalue weighted by Crippen LogP contribution is -2.42. The zero-order valence-electron chi connectivity index (χ0n) is 17.0. The molecule has 1 amide bonds. The van der Waals surface area contributed by atoms with E-state index < -0.39 is 15.4 Å². The van der Waals surface area contributed by atoms with E-state index in [9.17, 15) is 13.2 Å². The van der Waals surface area contributed by atoms with Gasteiger partial charge in [-0.15, -0.1) is 0 Å². The third-order valence-corrected chi connectivity index (χ3v) is 6.53. The molecule has 0 fully saturated rings. The van der Waals surface area contributed by atoms with Crippen molar-refractivity contribution in [1.82, 2.24) is 4.98 Å². The molecule has 4 rings (SSSR count). The van der Waals surface area contributed by atoms with Crippen molar-refractivity contribution in [1.29, 1.82) is 0 Å². The van der Waals surface area contributed by atoms with Gasteiger partial charge in [-0.2, -0.15) is 0 Å². The number of nitrogens with one attached hydrogen (secondary N) is 1. The molecule has 2 aromatic carbocycles. The van der Waals surface area contributed by atoms with Crippen LogP contribution >= 0.6 is 0 Å². The second kappa shape index (κ2) is 7.28. The molecular formula is C22H23N3O4S. The fourth-order valence-electron chi connectivity index (χ4n) is 3.53. The Balaban J connectivity index is 1.71. The van der Waals surface area contributed by atoms with Crippen molar-refractivity contribution in [2.75, 3.05) is 22.8 Å². The number of hydrogen-bond donors (Lipinski definition) is 1. The molecule has 3 aromatic rings. The lowest BCUT2D eigenvalue weighted by molar-refractivity contribution is -0.127. The lowest BCUT2D eigenvalue weighted by atomic mass is 9.93. The average molecular weight is 426 g/mol. The van der Waals surface area contributed by atoms with Gasteiger partial charge < -0.3 is 9.64 Å². The van der Waals surface area contributed by atoms with E-state index in [1.54, 1.807) is 41.4 Å². The van der Waals surface area contributed by atoms with E-state index in [0.717, 1.165) is 5.39 Å². The smallest absolute Gasteiger partial charge is 0.264 e. The topological polar surface area (TPSA) is 88.6 Å². The number of carbonyl (C=O) groups is 1. The van der Waals surface area contributed by atoms with E-state index in [1.807, 2.05) is 32.9 Å². The van der Waals surface area contributed by atoms with Crippen molar-refractivity contribution in [3.05, 3.63) is 54.7 Å². The van der Waals surface area contributed by atoms with Gasteiger partial charge in [0.1, 0.15) is 17.3 Å². The van der Waals surface area contributed by atoms with Crippen LogP contribution in [-0.4, -0.2) is 32.5 Å². The molecule has 0 radical (unpaired) electrons. The summed E-state index contributed by atoms with van der Waals surface area (Å²) >= 11 is 0. The standard InChI is InChI=1S/C22H23N3O4S/c1-4-25-17-11-10-16(13-18(17)29-14-22(2,3)21(25)26)24-30(27,28)19-9-5-7-15-8-6-12-23-20(15)19/h5-13,24H,4,14H2,1-3H3. The summed E-state index contributed by atoms with van der Waals surface area (Å²) in [5.74, 6) is 0.436. The SMILES string of the molecule is CCN1C(=O)C(C)(C)COc2cc(NS(=O)(=O)c3cccc4cccnc34)ccc21. The highest BCUT2D eigenvalue weighted by Gasteiger charge is 2.37. The highest BCUT2D eigenvalue weighted by atomic mass is 32.2. The van der Waals surface area contributed by atoms with E-state index in [4.69, 9.17) is 4.74 Å². The molecule has 0 atom stereocenters. The van der Waals surface area contributed by atoms with E-state index in [1.165, 1.54) is 6.07 Å². The highest BCUT2D eigenvalue weighted by molar-refractivity contribution is 7.93. The van der Waals surface area contributed by atoms with Crippen LogP contribution in [0.4, 0.5) is 11.4 Å². The number of nitrogens with zero attached hydrogens (tertiary/aromatic N) is 2. The van der Waals surface area contributed by atoms with E-state index >= 15 is 0 Å². The quantitative estimate of drug-likeness (QED) is 0.687. The minimum atomic E-state index is -3.88. The third kappa shape index (κ3) is 3.47. The number of carbonyl (C=O) groups excluding carboxylic acids is 1. The molecule has 0 aliphatic carbocycles. The summed E-state index contributed by atoms with van der Waals surface area (Å²) < 4.78 is 34.6. The number of sulfonamides is 1. The maximum Gasteiger partial charge on any atom is 0.264 e. The minimum Gasteiger partial charge on any atom is -0.490 e. The number of aromatic nitrogens is 1. The maximum absolute atomic E-state index is 13.1. The van der Waals surface area contributed by atoms with Gasteiger partial charge >= 0.3 is 0 Å². The Morgan fingerprint density at radius 2 is 1.93 bits per heavy atom. The van der Waals surface area contributed by atoms with E-state index in [-0.39, 0.29) is 17.4 Å². The molecule has 30 heavy (non-hydrogen) atoms. The number of amides is 1. The molecule has 2 heterocycles. The number of rotatable bonds is 4. The first-order valence-electron chi connectivity index (χ1n) is 9.68. The summed E-state index contributed by atoms with van der Waals surface area (Å²) in [6.45, 7) is 6.26.